The van der Waals surface area contributed by atoms with Crippen LogP contribution in [0.15, 0.2) is 72.8 Å². The Morgan fingerprint density at radius 2 is 1.60 bits per heavy atom. The van der Waals surface area contributed by atoms with E-state index in [0.717, 1.165) is 29.5 Å². The predicted molar refractivity (Wildman–Crippen MR) is 116 cm³/mol. The van der Waals surface area contributed by atoms with Crippen molar-refractivity contribution in [2.45, 2.75) is 25.8 Å². The number of nitrogens with one attached hydrogen (secondary N) is 1. The summed E-state index contributed by atoms with van der Waals surface area (Å²) in [6.45, 7) is 1.94. The molecule has 1 amide bonds. The second-order valence-corrected chi connectivity index (χ2v) is 7.73. The molecular weight excluding hydrogens is 372 g/mol. The van der Waals surface area contributed by atoms with Crippen molar-refractivity contribution < 1.29 is 9.59 Å². The van der Waals surface area contributed by atoms with Gasteiger partial charge in [-0.3, -0.25) is 9.59 Å². The lowest BCUT2D eigenvalue weighted by Gasteiger charge is -2.15. The number of nitrogens with zero attached hydrogens (tertiary/aromatic N) is 1. The Kier molecular flexibility index (Phi) is 5.45. The zero-order valence-electron chi connectivity index (χ0n) is 16.8. The Bertz CT molecular complexity index is 1120. The van der Waals surface area contributed by atoms with Crippen LogP contribution < -0.4 is 5.32 Å². The molecule has 4 rings (SSSR count). The molecule has 1 unspecified atom stereocenters. The molecule has 0 aliphatic heterocycles. The fraction of sp³-hybridized carbons (Fsp3) is 0.192. The number of carbonyl (C=O) groups is 2. The van der Waals surface area contributed by atoms with Gasteiger partial charge in [-0.1, -0.05) is 48.5 Å². The number of hydrogen-bond donors (Lipinski definition) is 1. The standard InChI is InChI=1S/C26H22N2O2/c1-17(19-5-7-20(8-6-19)24-4-2-3-18(15-24)16-27)28-26(30)23-13-11-22(12-14-23)25(29)21-9-10-21/h2-8,11-15,17,21H,9-10H2,1H3,(H,28,30). The quantitative estimate of drug-likeness (QED) is 0.576. The van der Waals surface area contributed by atoms with E-state index in [4.69, 9.17) is 5.26 Å². The monoisotopic (exact) mass is 394 g/mol. The molecule has 3 aromatic rings. The Balaban J connectivity index is 1.41. The first-order chi connectivity index (χ1) is 14.5. The summed E-state index contributed by atoms with van der Waals surface area (Å²) in [5.41, 5.74) is 4.84. The molecule has 0 saturated heterocycles. The van der Waals surface area contributed by atoms with Crippen molar-refractivity contribution in [1.82, 2.24) is 5.32 Å². The van der Waals surface area contributed by atoms with Gasteiger partial charge in [0.25, 0.3) is 5.91 Å². The van der Waals surface area contributed by atoms with E-state index >= 15 is 0 Å². The number of carbonyl (C=O) groups excluding carboxylic acids is 2. The van der Waals surface area contributed by atoms with Crippen LogP contribution in [0.25, 0.3) is 11.1 Å². The summed E-state index contributed by atoms with van der Waals surface area (Å²) >= 11 is 0. The molecule has 1 fully saturated rings. The van der Waals surface area contributed by atoms with Crippen LogP contribution in [0.4, 0.5) is 0 Å². The van der Waals surface area contributed by atoms with Crippen molar-refractivity contribution in [3.8, 4) is 17.2 Å². The number of hydrogen-bond acceptors (Lipinski definition) is 3. The molecule has 0 heterocycles. The van der Waals surface area contributed by atoms with Gasteiger partial charge in [0.1, 0.15) is 0 Å². The largest absolute Gasteiger partial charge is 0.346 e. The first-order valence-electron chi connectivity index (χ1n) is 10.1. The van der Waals surface area contributed by atoms with E-state index in [9.17, 15) is 9.59 Å². The number of rotatable bonds is 6. The van der Waals surface area contributed by atoms with Gasteiger partial charge in [0.15, 0.2) is 5.78 Å². The van der Waals surface area contributed by atoms with Gasteiger partial charge in [0.2, 0.25) is 0 Å². The average Bonchev–Trinajstić information content (AvgIpc) is 3.64. The fourth-order valence-electron chi connectivity index (χ4n) is 3.46. The smallest absolute Gasteiger partial charge is 0.251 e. The number of ketones is 1. The fourth-order valence-corrected chi connectivity index (χ4v) is 3.46. The highest BCUT2D eigenvalue weighted by Gasteiger charge is 2.30. The highest BCUT2D eigenvalue weighted by atomic mass is 16.1. The predicted octanol–water partition coefficient (Wildman–Crippen LogP) is 5.31. The van der Waals surface area contributed by atoms with Crippen LogP contribution >= 0.6 is 0 Å². The van der Waals surface area contributed by atoms with Crippen molar-refractivity contribution in [1.29, 1.82) is 5.26 Å². The van der Waals surface area contributed by atoms with E-state index in [1.807, 2.05) is 49.4 Å². The molecular formula is C26H22N2O2. The number of Topliss-reactive ketones (excluding diaryl/α,β-unsaturated/α-hetero) is 1. The maximum Gasteiger partial charge on any atom is 0.251 e. The molecule has 0 bridgehead atoms. The van der Waals surface area contributed by atoms with Gasteiger partial charge < -0.3 is 5.32 Å². The van der Waals surface area contributed by atoms with E-state index in [0.29, 0.717) is 16.7 Å². The lowest BCUT2D eigenvalue weighted by molar-refractivity contribution is 0.0935. The van der Waals surface area contributed by atoms with Crippen molar-refractivity contribution in [2.75, 3.05) is 0 Å². The molecule has 4 nitrogen and oxygen atoms in total. The van der Waals surface area contributed by atoms with Crippen LogP contribution in [0.2, 0.25) is 0 Å². The minimum atomic E-state index is -0.168. The summed E-state index contributed by atoms with van der Waals surface area (Å²) in [6.07, 6.45) is 1.95. The second-order valence-electron chi connectivity index (χ2n) is 7.73. The SMILES string of the molecule is CC(NC(=O)c1ccc(C(=O)C2CC2)cc1)c1ccc(-c2cccc(C#N)c2)cc1. The molecule has 1 aliphatic carbocycles. The Morgan fingerprint density at radius 3 is 2.23 bits per heavy atom. The molecule has 1 aliphatic rings. The van der Waals surface area contributed by atoms with E-state index in [2.05, 4.69) is 11.4 Å². The van der Waals surface area contributed by atoms with Crippen LogP contribution in [0.5, 0.6) is 0 Å². The van der Waals surface area contributed by atoms with Crippen molar-refractivity contribution in [2.24, 2.45) is 5.92 Å². The second kappa shape index (κ2) is 8.34. The minimum Gasteiger partial charge on any atom is -0.346 e. The summed E-state index contributed by atoms with van der Waals surface area (Å²) in [4.78, 5) is 24.7. The van der Waals surface area contributed by atoms with E-state index in [1.54, 1.807) is 30.3 Å². The zero-order valence-corrected chi connectivity index (χ0v) is 16.8. The molecule has 1 atom stereocenters. The van der Waals surface area contributed by atoms with Crippen LogP contribution in [0.3, 0.4) is 0 Å². The summed E-state index contributed by atoms with van der Waals surface area (Å²) < 4.78 is 0. The Labute approximate surface area is 176 Å². The first kappa shape index (κ1) is 19.6. The van der Waals surface area contributed by atoms with Gasteiger partial charge in [-0.15, -0.1) is 0 Å². The third-order valence-corrected chi connectivity index (χ3v) is 5.46. The molecule has 0 radical (unpaired) electrons. The third kappa shape index (κ3) is 4.31. The summed E-state index contributed by atoms with van der Waals surface area (Å²) in [5, 5.41) is 12.1. The zero-order chi connectivity index (χ0) is 21.1. The average molecular weight is 394 g/mol. The maximum atomic E-state index is 12.6. The summed E-state index contributed by atoms with van der Waals surface area (Å²) in [6, 6.07) is 24.3. The molecule has 1 saturated carbocycles. The summed E-state index contributed by atoms with van der Waals surface area (Å²) in [5.74, 6) is 0.185. The van der Waals surface area contributed by atoms with Crippen LogP contribution in [-0.2, 0) is 0 Å². The van der Waals surface area contributed by atoms with Crippen molar-refractivity contribution in [3.63, 3.8) is 0 Å². The molecule has 3 aromatic carbocycles. The van der Waals surface area contributed by atoms with Gasteiger partial charge in [-0.25, -0.2) is 0 Å². The van der Waals surface area contributed by atoms with E-state index < -0.39 is 0 Å². The normalized spacial score (nSPS) is 13.9. The molecule has 148 valence electrons. The van der Waals surface area contributed by atoms with Crippen LogP contribution in [0.1, 0.15) is 57.7 Å². The highest BCUT2D eigenvalue weighted by Crippen LogP contribution is 2.32. The van der Waals surface area contributed by atoms with Gasteiger partial charge in [-0.2, -0.15) is 5.26 Å². The van der Waals surface area contributed by atoms with Gasteiger partial charge in [0, 0.05) is 17.0 Å². The Hall–Kier alpha value is -3.71. The van der Waals surface area contributed by atoms with E-state index in [-0.39, 0.29) is 23.7 Å². The molecule has 1 N–H and O–H groups in total. The third-order valence-electron chi connectivity index (χ3n) is 5.46. The molecule has 0 spiro atoms. The number of benzene rings is 3. The molecule has 4 heteroatoms. The van der Waals surface area contributed by atoms with E-state index in [1.165, 1.54) is 0 Å². The molecule has 0 aromatic heterocycles. The minimum absolute atomic E-state index is 0.162. The van der Waals surface area contributed by atoms with Crippen molar-refractivity contribution >= 4 is 11.7 Å². The number of amides is 1. The highest BCUT2D eigenvalue weighted by molar-refractivity contribution is 6.01. The number of nitriles is 1. The topological polar surface area (TPSA) is 70.0 Å². The van der Waals surface area contributed by atoms with Crippen LogP contribution in [0, 0.1) is 17.2 Å². The van der Waals surface area contributed by atoms with Crippen LogP contribution in [-0.4, -0.2) is 11.7 Å². The van der Waals surface area contributed by atoms with Gasteiger partial charge in [-0.05, 0) is 60.7 Å². The van der Waals surface area contributed by atoms with Gasteiger partial charge in [0.05, 0.1) is 17.7 Å². The van der Waals surface area contributed by atoms with Crippen molar-refractivity contribution in [3.05, 3.63) is 95.1 Å². The lowest BCUT2D eigenvalue weighted by atomic mass is 10.00. The Morgan fingerprint density at radius 1 is 0.933 bits per heavy atom. The lowest BCUT2D eigenvalue weighted by Crippen LogP contribution is -2.26. The molecule has 30 heavy (non-hydrogen) atoms. The maximum absolute atomic E-state index is 12.6. The first-order valence-corrected chi connectivity index (χ1v) is 10.1. The van der Waals surface area contributed by atoms with Gasteiger partial charge >= 0.3 is 0 Å². The summed E-state index contributed by atoms with van der Waals surface area (Å²) in [7, 11) is 0.